The molecule has 2 aromatic heterocycles. The monoisotopic (exact) mass is 387 g/mol. The van der Waals surface area contributed by atoms with Crippen molar-refractivity contribution in [3.8, 4) is 0 Å². The van der Waals surface area contributed by atoms with Crippen LogP contribution in [-0.4, -0.2) is 17.0 Å². The van der Waals surface area contributed by atoms with E-state index in [1.165, 1.54) is 27.8 Å². The van der Waals surface area contributed by atoms with E-state index >= 15 is 0 Å². The van der Waals surface area contributed by atoms with Gasteiger partial charge in [-0.3, -0.25) is 0 Å². The fourth-order valence-corrected chi connectivity index (χ4v) is 4.68. The fraction of sp³-hybridized carbons (Fsp3) is 0.0741. The second kappa shape index (κ2) is 6.60. The van der Waals surface area contributed by atoms with Gasteiger partial charge < -0.3 is 9.88 Å². The summed E-state index contributed by atoms with van der Waals surface area (Å²) in [6.45, 7) is 0. The van der Waals surface area contributed by atoms with Gasteiger partial charge in [-0.2, -0.15) is 0 Å². The van der Waals surface area contributed by atoms with Gasteiger partial charge in [-0.1, -0.05) is 60.7 Å². The van der Waals surface area contributed by atoms with Crippen molar-refractivity contribution in [2.24, 2.45) is 0 Å². The van der Waals surface area contributed by atoms with E-state index in [1.807, 2.05) is 6.07 Å². The average molecular weight is 387 g/mol. The number of rotatable bonds is 2. The molecule has 0 fully saturated rings. The minimum Gasteiger partial charge on any atom is -0.361 e. The topological polar surface area (TPSA) is 31.9 Å². The number of aromatic amines is 1. The van der Waals surface area contributed by atoms with Gasteiger partial charge in [0, 0.05) is 52.9 Å². The van der Waals surface area contributed by atoms with Crippen LogP contribution in [0.3, 0.4) is 0 Å². The van der Waals surface area contributed by atoms with Crippen molar-refractivity contribution in [3.63, 3.8) is 0 Å². The van der Waals surface area contributed by atoms with E-state index in [0.717, 1.165) is 22.1 Å². The van der Waals surface area contributed by atoms with Gasteiger partial charge in [0.2, 0.25) is 0 Å². The number of para-hydroxylation sites is 3. The van der Waals surface area contributed by atoms with Crippen LogP contribution < -0.4 is 4.90 Å². The molecule has 3 heteroatoms. The molecule has 0 bridgehead atoms. The molecule has 0 spiro atoms. The first-order chi connectivity index (χ1) is 14.8. The summed E-state index contributed by atoms with van der Waals surface area (Å²) >= 11 is 0. The van der Waals surface area contributed by atoms with Gasteiger partial charge in [-0.05, 0) is 35.4 Å². The first kappa shape index (κ1) is 17.0. The zero-order chi connectivity index (χ0) is 20.1. The molecule has 1 atom stereocenters. The maximum absolute atomic E-state index is 5.04. The minimum atomic E-state index is 0.113. The Bertz CT molecular complexity index is 1430. The van der Waals surface area contributed by atoms with Crippen LogP contribution in [0.4, 0.5) is 5.69 Å². The summed E-state index contributed by atoms with van der Waals surface area (Å²) in [6.07, 6.45) is 4.40. The molecule has 3 nitrogen and oxygen atoms in total. The maximum Gasteiger partial charge on any atom is 0.0709 e. The van der Waals surface area contributed by atoms with Crippen LogP contribution in [-0.2, 0) is 0 Å². The Morgan fingerprint density at radius 3 is 2.57 bits per heavy atom. The second-order valence-electron chi connectivity index (χ2n) is 7.87. The highest BCUT2D eigenvalue weighted by Crippen LogP contribution is 2.46. The summed E-state index contributed by atoms with van der Waals surface area (Å²) in [6, 6.07) is 29.8. The number of nitrogens with zero attached hydrogens (tertiary/aromatic N) is 2. The molecule has 1 aliphatic rings. The Balaban J connectivity index is 1.61. The predicted molar refractivity (Wildman–Crippen MR) is 125 cm³/mol. The highest BCUT2D eigenvalue weighted by Gasteiger charge is 2.30. The molecule has 0 saturated carbocycles. The number of fused-ring (bicyclic) bond motifs is 3. The van der Waals surface area contributed by atoms with Crippen molar-refractivity contribution in [2.45, 2.75) is 5.92 Å². The summed E-state index contributed by atoms with van der Waals surface area (Å²) < 4.78 is 0. The molecule has 0 amide bonds. The molecular formula is C27H21N3. The van der Waals surface area contributed by atoms with Crippen LogP contribution in [0.5, 0.6) is 0 Å². The van der Waals surface area contributed by atoms with Crippen LogP contribution in [0.25, 0.3) is 27.4 Å². The smallest absolute Gasteiger partial charge is 0.0709 e. The molecule has 0 radical (unpaired) electrons. The number of nitrogens with one attached hydrogen (secondary N) is 1. The molecule has 1 N–H and O–H groups in total. The van der Waals surface area contributed by atoms with Crippen molar-refractivity contribution in [3.05, 3.63) is 114 Å². The lowest BCUT2D eigenvalue weighted by Gasteiger charge is -2.32. The van der Waals surface area contributed by atoms with Crippen molar-refractivity contribution in [1.82, 2.24) is 9.97 Å². The van der Waals surface area contributed by atoms with E-state index < -0.39 is 0 Å². The Morgan fingerprint density at radius 1 is 0.800 bits per heavy atom. The Labute approximate surface area is 175 Å². The molecule has 30 heavy (non-hydrogen) atoms. The number of pyridine rings is 1. The number of benzene rings is 3. The lowest BCUT2D eigenvalue weighted by Crippen LogP contribution is -2.21. The number of H-pyrrole nitrogens is 1. The van der Waals surface area contributed by atoms with Crippen LogP contribution in [0, 0.1) is 0 Å². The number of aromatic nitrogens is 2. The average Bonchev–Trinajstić information content (AvgIpc) is 3.22. The first-order valence-electron chi connectivity index (χ1n) is 10.3. The van der Waals surface area contributed by atoms with Gasteiger partial charge >= 0.3 is 0 Å². The molecule has 144 valence electrons. The third kappa shape index (κ3) is 2.56. The molecule has 0 aliphatic carbocycles. The summed E-state index contributed by atoms with van der Waals surface area (Å²) in [5.74, 6) is 0.113. The molecule has 5 aromatic rings. The van der Waals surface area contributed by atoms with E-state index in [0.29, 0.717) is 0 Å². The van der Waals surface area contributed by atoms with E-state index in [4.69, 9.17) is 4.98 Å². The van der Waals surface area contributed by atoms with E-state index in [9.17, 15) is 0 Å². The van der Waals surface area contributed by atoms with E-state index in [1.54, 1.807) is 0 Å². The normalized spacial score (nSPS) is 16.0. The molecule has 6 rings (SSSR count). The third-order valence-electron chi connectivity index (χ3n) is 6.10. The van der Waals surface area contributed by atoms with E-state index in [2.05, 4.69) is 108 Å². The summed E-state index contributed by atoms with van der Waals surface area (Å²) in [4.78, 5) is 10.7. The molecule has 3 heterocycles. The van der Waals surface area contributed by atoms with E-state index in [-0.39, 0.29) is 5.92 Å². The second-order valence-corrected chi connectivity index (χ2v) is 7.87. The first-order valence-corrected chi connectivity index (χ1v) is 10.3. The van der Waals surface area contributed by atoms with Gasteiger partial charge in [-0.15, -0.1) is 0 Å². The summed E-state index contributed by atoms with van der Waals surface area (Å²) in [5, 5.41) is 2.42. The number of hydrogen-bond acceptors (Lipinski definition) is 2. The van der Waals surface area contributed by atoms with Gasteiger partial charge in [0.1, 0.15) is 0 Å². The minimum absolute atomic E-state index is 0.113. The number of allylic oxidation sites excluding steroid dienone is 1. The lowest BCUT2D eigenvalue weighted by molar-refractivity contribution is 0.983. The Morgan fingerprint density at radius 2 is 1.60 bits per heavy atom. The maximum atomic E-state index is 5.04. The zero-order valence-corrected chi connectivity index (χ0v) is 16.7. The van der Waals surface area contributed by atoms with Crippen LogP contribution in [0.2, 0.25) is 0 Å². The fourth-order valence-electron chi connectivity index (χ4n) is 4.68. The summed E-state index contributed by atoms with van der Waals surface area (Å²) in [7, 11) is 2.12. The summed E-state index contributed by atoms with van der Waals surface area (Å²) in [5.41, 5.74) is 8.24. The zero-order valence-electron chi connectivity index (χ0n) is 16.7. The SMILES string of the molecule is CN1C=C(c2ccc3ccccc3n2)[C@@H](c2c[nH]c3ccccc23)c2ccccc21. The molecule has 3 aromatic carbocycles. The highest BCUT2D eigenvalue weighted by molar-refractivity contribution is 5.92. The van der Waals surface area contributed by atoms with Crippen LogP contribution in [0.1, 0.15) is 22.7 Å². The predicted octanol–water partition coefficient (Wildman–Crippen LogP) is 6.34. The molecule has 0 unspecified atom stereocenters. The number of hydrogen-bond donors (Lipinski definition) is 1. The van der Waals surface area contributed by atoms with Crippen molar-refractivity contribution < 1.29 is 0 Å². The lowest BCUT2D eigenvalue weighted by atomic mass is 9.80. The third-order valence-corrected chi connectivity index (χ3v) is 6.10. The van der Waals surface area contributed by atoms with Gasteiger partial charge in [-0.25, -0.2) is 4.98 Å². The largest absolute Gasteiger partial charge is 0.361 e. The van der Waals surface area contributed by atoms with Gasteiger partial charge in [0.15, 0.2) is 0 Å². The number of anilines is 1. The standard InChI is InChI=1S/C27H21N3/c1-30-17-22(25-15-14-18-8-2-5-11-23(18)29-25)27(20-10-4-7-13-26(20)30)21-16-28-24-12-6-3-9-19(21)24/h2-17,27-28H,1H3/t27-/m1/s1. The van der Waals surface area contributed by atoms with Crippen LogP contribution in [0.15, 0.2) is 97.3 Å². The quantitative estimate of drug-likeness (QED) is 0.383. The Hall–Kier alpha value is -3.85. The Kier molecular flexibility index (Phi) is 3.75. The van der Waals surface area contributed by atoms with Crippen molar-refractivity contribution in [2.75, 3.05) is 11.9 Å². The molecule has 0 saturated heterocycles. The van der Waals surface area contributed by atoms with Crippen LogP contribution >= 0.6 is 0 Å². The van der Waals surface area contributed by atoms with Gasteiger partial charge in [0.05, 0.1) is 11.2 Å². The van der Waals surface area contributed by atoms with Crippen molar-refractivity contribution >= 4 is 33.1 Å². The van der Waals surface area contributed by atoms with Gasteiger partial charge in [0.25, 0.3) is 0 Å². The highest BCUT2D eigenvalue weighted by atomic mass is 15.1. The molecule has 1 aliphatic heterocycles. The van der Waals surface area contributed by atoms with Crippen molar-refractivity contribution in [1.29, 1.82) is 0 Å². The molecular weight excluding hydrogens is 366 g/mol.